The monoisotopic (exact) mass is 210 g/mol. The normalized spacial score (nSPS) is 21.6. The number of hydrogen-bond acceptors (Lipinski definition) is 5. The van der Waals surface area contributed by atoms with Crippen molar-refractivity contribution in [3.05, 3.63) is 5.89 Å². The molecule has 15 heavy (non-hydrogen) atoms. The third-order valence-electron chi connectivity index (χ3n) is 2.89. The Hall–Kier alpha value is -1.10. The summed E-state index contributed by atoms with van der Waals surface area (Å²) in [5.74, 6) is 1.86. The highest BCUT2D eigenvalue weighted by molar-refractivity contribution is 5.25. The van der Waals surface area contributed by atoms with Gasteiger partial charge in [0.05, 0.1) is 5.92 Å². The Balaban J connectivity index is 2.05. The molecule has 5 heteroatoms. The molecule has 0 spiro atoms. The van der Waals surface area contributed by atoms with Crippen LogP contribution in [0.3, 0.4) is 0 Å². The summed E-state index contributed by atoms with van der Waals surface area (Å²) in [6.45, 7) is 5.02. The van der Waals surface area contributed by atoms with E-state index in [1.54, 1.807) is 0 Å². The van der Waals surface area contributed by atoms with Crippen LogP contribution in [0.25, 0.3) is 0 Å². The van der Waals surface area contributed by atoms with Crippen LogP contribution in [-0.4, -0.2) is 36.8 Å². The standard InChI is InChI=1S/C10H18N4O/c1-3-14(2)10-12-9(15-13-10)8-5-4-6-11-7-8/h8,11H,3-7H2,1-2H3/t8-/m1/s1. The Morgan fingerprint density at radius 2 is 2.47 bits per heavy atom. The molecule has 0 bridgehead atoms. The summed E-state index contributed by atoms with van der Waals surface area (Å²) in [6, 6.07) is 0. The molecule has 0 amide bonds. The smallest absolute Gasteiger partial charge is 0.265 e. The summed E-state index contributed by atoms with van der Waals surface area (Å²) in [6.07, 6.45) is 2.33. The zero-order valence-corrected chi connectivity index (χ0v) is 9.36. The predicted molar refractivity (Wildman–Crippen MR) is 58.1 cm³/mol. The van der Waals surface area contributed by atoms with E-state index in [0.717, 1.165) is 31.9 Å². The summed E-state index contributed by atoms with van der Waals surface area (Å²) < 4.78 is 5.28. The van der Waals surface area contributed by atoms with E-state index in [2.05, 4.69) is 22.4 Å². The second kappa shape index (κ2) is 4.61. The minimum Gasteiger partial charge on any atom is -0.342 e. The van der Waals surface area contributed by atoms with Gasteiger partial charge in [0, 0.05) is 20.1 Å². The molecule has 2 rings (SSSR count). The van der Waals surface area contributed by atoms with Gasteiger partial charge in [-0.25, -0.2) is 0 Å². The molecule has 5 nitrogen and oxygen atoms in total. The molecule has 0 aliphatic carbocycles. The van der Waals surface area contributed by atoms with Crippen LogP contribution in [0, 0.1) is 0 Å². The quantitative estimate of drug-likeness (QED) is 0.806. The van der Waals surface area contributed by atoms with E-state index >= 15 is 0 Å². The van der Waals surface area contributed by atoms with Gasteiger partial charge >= 0.3 is 0 Å². The van der Waals surface area contributed by atoms with Crippen LogP contribution in [0.1, 0.15) is 31.6 Å². The zero-order chi connectivity index (χ0) is 10.7. The first-order valence-electron chi connectivity index (χ1n) is 5.56. The molecule has 0 aromatic carbocycles. The van der Waals surface area contributed by atoms with Gasteiger partial charge in [0.25, 0.3) is 5.95 Å². The molecule has 84 valence electrons. The molecule has 1 saturated heterocycles. The van der Waals surface area contributed by atoms with E-state index in [1.165, 1.54) is 6.42 Å². The maximum Gasteiger partial charge on any atom is 0.265 e. The first-order valence-corrected chi connectivity index (χ1v) is 5.56. The summed E-state index contributed by atoms with van der Waals surface area (Å²) in [7, 11) is 1.97. The van der Waals surface area contributed by atoms with Crippen molar-refractivity contribution >= 4 is 5.95 Å². The summed E-state index contributed by atoms with van der Waals surface area (Å²) >= 11 is 0. The minimum atomic E-state index is 0.394. The topological polar surface area (TPSA) is 54.2 Å². The molecule has 1 atom stereocenters. The number of aromatic nitrogens is 2. The predicted octanol–water partition coefficient (Wildman–Crippen LogP) is 0.993. The average Bonchev–Trinajstić information content (AvgIpc) is 2.78. The van der Waals surface area contributed by atoms with E-state index in [-0.39, 0.29) is 0 Å². The fraction of sp³-hybridized carbons (Fsp3) is 0.800. The fourth-order valence-corrected chi connectivity index (χ4v) is 1.75. The zero-order valence-electron chi connectivity index (χ0n) is 9.36. The third kappa shape index (κ3) is 2.28. The van der Waals surface area contributed by atoms with Gasteiger partial charge in [-0.05, 0) is 31.5 Å². The lowest BCUT2D eigenvalue weighted by Gasteiger charge is -2.18. The molecular formula is C10H18N4O. The maximum atomic E-state index is 5.28. The second-order valence-corrected chi connectivity index (χ2v) is 3.99. The maximum absolute atomic E-state index is 5.28. The second-order valence-electron chi connectivity index (χ2n) is 3.99. The SMILES string of the molecule is CCN(C)c1noc([C@@H]2CCCNC2)n1. The van der Waals surface area contributed by atoms with E-state index in [1.807, 2.05) is 11.9 Å². The van der Waals surface area contributed by atoms with Crippen molar-refractivity contribution in [3.63, 3.8) is 0 Å². The van der Waals surface area contributed by atoms with Crippen molar-refractivity contribution in [2.75, 3.05) is 31.6 Å². The largest absolute Gasteiger partial charge is 0.342 e. The van der Waals surface area contributed by atoms with Gasteiger partial charge in [-0.3, -0.25) is 0 Å². The first kappa shape index (κ1) is 10.4. The molecule has 2 heterocycles. The third-order valence-corrected chi connectivity index (χ3v) is 2.89. The van der Waals surface area contributed by atoms with Crippen LogP contribution in [0.4, 0.5) is 5.95 Å². The Kier molecular flexibility index (Phi) is 3.20. The van der Waals surface area contributed by atoms with Crippen LogP contribution in [0.2, 0.25) is 0 Å². The molecule has 0 saturated carbocycles. The van der Waals surface area contributed by atoms with Gasteiger partial charge in [-0.15, -0.1) is 0 Å². The van der Waals surface area contributed by atoms with Crippen LogP contribution >= 0.6 is 0 Å². The Labute approximate surface area is 89.8 Å². The molecule has 1 N–H and O–H groups in total. The number of nitrogens with zero attached hydrogens (tertiary/aromatic N) is 3. The lowest BCUT2D eigenvalue weighted by atomic mass is 10.00. The summed E-state index contributed by atoms with van der Waals surface area (Å²) in [5, 5.41) is 7.32. The molecule has 0 unspecified atom stereocenters. The van der Waals surface area contributed by atoms with Crippen molar-refractivity contribution in [1.82, 2.24) is 15.5 Å². The van der Waals surface area contributed by atoms with Crippen molar-refractivity contribution < 1.29 is 4.52 Å². The molecule has 1 aromatic rings. The fourth-order valence-electron chi connectivity index (χ4n) is 1.75. The van der Waals surface area contributed by atoms with Gasteiger partial charge in [-0.2, -0.15) is 4.98 Å². The summed E-state index contributed by atoms with van der Waals surface area (Å²) in [4.78, 5) is 6.39. The molecule has 1 aliphatic heterocycles. The molecule has 1 aliphatic rings. The Bertz CT molecular complexity index is 306. The molecule has 0 radical (unpaired) electrons. The van der Waals surface area contributed by atoms with Gasteiger partial charge < -0.3 is 14.7 Å². The summed E-state index contributed by atoms with van der Waals surface area (Å²) in [5.41, 5.74) is 0. The Morgan fingerprint density at radius 3 is 3.13 bits per heavy atom. The van der Waals surface area contributed by atoms with Gasteiger partial charge in [0.15, 0.2) is 0 Å². The minimum absolute atomic E-state index is 0.394. The van der Waals surface area contributed by atoms with E-state index in [0.29, 0.717) is 11.9 Å². The first-order chi connectivity index (χ1) is 7.31. The van der Waals surface area contributed by atoms with Gasteiger partial charge in [0.2, 0.25) is 5.89 Å². The highest BCUT2D eigenvalue weighted by Gasteiger charge is 2.21. The molecular weight excluding hydrogens is 192 g/mol. The van der Waals surface area contributed by atoms with Gasteiger partial charge in [0.1, 0.15) is 0 Å². The highest BCUT2D eigenvalue weighted by atomic mass is 16.5. The van der Waals surface area contributed by atoms with E-state index in [9.17, 15) is 0 Å². The van der Waals surface area contributed by atoms with Crippen molar-refractivity contribution in [2.24, 2.45) is 0 Å². The van der Waals surface area contributed by atoms with Crippen molar-refractivity contribution in [2.45, 2.75) is 25.7 Å². The van der Waals surface area contributed by atoms with Crippen molar-refractivity contribution in [3.8, 4) is 0 Å². The number of piperidine rings is 1. The van der Waals surface area contributed by atoms with Crippen LogP contribution in [-0.2, 0) is 0 Å². The van der Waals surface area contributed by atoms with Crippen LogP contribution in [0.15, 0.2) is 4.52 Å². The molecule has 1 fully saturated rings. The van der Waals surface area contributed by atoms with Crippen LogP contribution in [0.5, 0.6) is 0 Å². The van der Waals surface area contributed by atoms with Crippen molar-refractivity contribution in [1.29, 1.82) is 0 Å². The van der Waals surface area contributed by atoms with Crippen LogP contribution < -0.4 is 10.2 Å². The van der Waals surface area contributed by atoms with E-state index < -0.39 is 0 Å². The average molecular weight is 210 g/mol. The van der Waals surface area contributed by atoms with Gasteiger partial charge in [-0.1, -0.05) is 0 Å². The number of nitrogens with one attached hydrogen (secondary N) is 1. The van der Waals surface area contributed by atoms with E-state index in [4.69, 9.17) is 4.52 Å². The number of rotatable bonds is 3. The Morgan fingerprint density at radius 1 is 1.60 bits per heavy atom. The highest BCUT2D eigenvalue weighted by Crippen LogP contribution is 2.22. The number of anilines is 1. The molecule has 1 aromatic heterocycles. The lowest BCUT2D eigenvalue weighted by molar-refractivity contribution is 0.322. The lowest BCUT2D eigenvalue weighted by Crippen LogP contribution is -2.28. The number of hydrogen-bond donors (Lipinski definition) is 1.